The second-order valence-electron chi connectivity index (χ2n) is 9.40. The summed E-state index contributed by atoms with van der Waals surface area (Å²) in [5.41, 5.74) is 1.71. The van der Waals surface area contributed by atoms with Gasteiger partial charge in [0.1, 0.15) is 0 Å². The summed E-state index contributed by atoms with van der Waals surface area (Å²) in [4.78, 5) is 28.3. The second-order valence-corrected chi connectivity index (χ2v) is 9.40. The van der Waals surface area contributed by atoms with Crippen molar-refractivity contribution < 1.29 is 4.92 Å². The van der Waals surface area contributed by atoms with Crippen LogP contribution in [0.2, 0.25) is 0 Å². The molecule has 2 aromatic rings. The Bertz CT molecular complexity index is 983. The molecule has 0 amide bonds. The van der Waals surface area contributed by atoms with Gasteiger partial charge < -0.3 is 5.32 Å². The number of H-pyrrole nitrogens is 1. The maximum absolute atomic E-state index is 13.1. The molecule has 0 bridgehead atoms. The molecule has 0 spiro atoms. The number of hydrogen-bond donors (Lipinski definition) is 2. The summed E-state index contributed by atoms with van der Waals surface area (Å²) < 4.78 is 1.44. The van der Waals surface area contributed by atoms with Gasteiger partial charge in [0.05, 0.1) is 22.2 Å². The molecule has 30 heavy (non-hydrogen) atoms. The molecule has 1 aromatic carbocycles. The lowest BCUT2D eigenvalue weighted by Gasteiger charge is -2.45. The molecule has 0 aliphatic carbocycles. The van der Waals surface area contributed by atoms with Crippen molar-refractivity contribution in [1.29, 1.82) is 0 Å². The molecule has 8 nitrogen and oxygen atoms in total. The number of non-ortho nitro benzene ring substituents is 1. The number of nitro benzene ring substituents is 1. The Labute approximate surface area is 176 Å². The molecule has 162 valence electrons. The van der Waals surface area contributed by atoms with Crippen LogP contribution in [0, 0.1) is 10.1 Å². The molecule has 1 aliphatic rings. The molecule has 0 unspecified atom stereocenters. The molecule has 2 heterocycles. The third-order valence-electron chi connectivity index (χ3n) is 5.41. The van der Waals surface area contributed by atoms with Gasteiger partial charge in [-0.05, 0) is 59.1 Å². The molecule has 1 aliphatic heterocycles. The van der Waals surface area contributed by atoms with Crippen molar-refractivity contribution in [2.24, 2.45) is 4.99 Å². The largest absolute Gasteiger partial charge is 0.307 e. The molecular weight excluding hydrogens is 382 g/mol. The Morgan fingerprint density at radius 2 is 1.80 bits per heavy atom. The fraction of sp³-hybridized carbons (Fsp3) is 0.545. The van der Waals surface area contributed by atoms with E-state index in [1.54, 1.807) is 18.3 Å². The van der Waals surface area contributed by atoms with Crippen LogP contribution in [0.1, 0.15) is 65.1 Å². The number of nitrogens with one attached hydrogen (secondary N) is 2. The first-order valence-electron chi connectivity index (χ1n) is 10.4. The van der Waals surface area contributed by atoms with Gasteiger partial charge in [0, 0.05) is 35.1 Å². The van der Waals surface area contributed by atoms with Gasteiger partial charge in [-0.3, -0.25) is 25.0 Å². The van der Waals surface area contributed by atoms with Crippen LogP contribution >= 0.6 is 0 Å². The smallest absolute Gasteiger partial charge is 0.280 e. The van der Waals surface area contributed by atoms with Crippen molar-refractivity contribution in [3.05, 3.63) is 56.0 Å². The lowest BCUT2D eigenvalue weighted by Crippen LogP contribution is -2.58. The highest BCUT2D eigenvalue weighted by Crippen LogP contribution is 2.30. The summed E-state index contributed by atoms with van der Waals surface area (Å²) in [6.45, 7) is 10.8. The molecule has 0 radical (unpaired) electrons. The number of aromatic nitrogens is 2. The quantitative estimate of drug-likeness (QED) is 0.427. The third-order valence-corrected chi connectivity index (χ3v) is 5.41. The van der Waals surface area contributed by atoms with E-state index in [-0.39, 0.29) is 28.4 Å². The van der Waals surface area contributed by atoms with E-state index in [4.69, 9.17) is 4.99 Å². The van der Waals surface area contributed by atoms with Crippen molar-refractivity contribution in [3.8, 4) is 5.69 Å². The topological polar surface area (TPSA) is 105 Å². The summed E-state index contributed by atoms with van der Waals surface area (Å²) in [6, 6.07) is 6.08. The predicted molar refractivity (Wildman–Crippen MR) is 119 cm³/mol. The fourth-order valence-electron chi connectivity index (χ4n) is 4.53. The zero-order valence-electron chi connectivity index (χ0n) is 18.4. The molecule has 0 atom stereocenters. The number of aliphatic imine (C=N–C) groups is 1. The van der Waals surface area contributed by atoms with Crippen molar-refractivity contribution in [3.63, 3.8) is 0 Å². The monoisotopic (exact) mass is 413 g/mol. The number of aryl methyl sites for hydroxylation is 1. The molecule has 1 aromatic heterocycles. The predicted octanol–water partition coefficient (Wildman–Crippen LogP) is 3.75. The van der Waals surface area contributed by atoms with Gasteiger partial charge >= 0.3 is 0 Å². The number of rotatable bonds is 6. The maximum Gasteiger partial charge on any atom is 0.280 e. The SMILES string of the molecule is CCCc1[nH]n(-c2ccc([N+](=O)[O-])cc2)c(=O)c1C=NC1CC(C)(C)NC(C)(C)C1. The van der Waals surface area contributed by atoms with E-state index in [0.29, 0.717) is 11.3 Å². The van der Waals surface area contributed by atoms with Crippen LogP contribution in [0.3, 0.4) is 0 Å². The summed E-state index contributed by atoms with van der Waals surface area (Å²) >= 11 is 0. The summed E-state index contributed by atoms with van der Waals surface area (Å²) in [7, 11) is 0. The summed E-state index contributed by atoms with van der Waals surface area (Å²) in [5, 5.41) is 17.7. The number of piperidine rings is 1. The van der Waals surface area contributed by atoms with E-state index >= 15 is 0 Å². The van der Waals surface area contributed by atoms with Crippen LogP contribution in [0.15, 0.2) is 34.1 Å². The van der Waals surface area contributed by atoms with Gasteiger partial charge in [-0.1, -0.05) is 13.3 Å². The van der Waals surface area contributed by atoms with Crippen molar-refractivity contribution in [2.75, 3.05) is 0 Å². The van der Waals surface area contributed by atoms with Crippen LogP contribution in [0.25, 0.3) is 5.69 Å². The molecule has 1 fully saturated rings. The summed E-state index contributed by atoms with van der Waals surface area (Å²) in [5.74, 6) is 0. The van der Waals surface area contributed by atoms with Gasteiger partial charge in [0.15, 0.2) is 0 Å². The number of hydrogen-bond acceptors (Lipinski definition) is 5. The van der Waals surface area contributed by atoms with E-state index in [1.165, 1.54) is 16.8 Å². The van der Waals surface area contributed by atoms with Crippen LogP contribution in [0.5, 0.6) is 0 Å². The minimum absolute atomic E-state index is 0.00920. The van der Waals surface area contributed by atoms with Gasteiger partial charge in [-0.15, -0.1) is 0 Å². The highest BCUT2D eigenvalue weighted by Gasteiger charge is 2.37. The fourth-order valence-corrected chi connectivity index (χ4v) is 4.53. The molecule has 8 heteroatoms. The number of benzene rings is 1. The van der Waals surface area contributed by atoms with Crippen molar-refractivity contribution in [2.45, 2.75) is 77.4 Å². The molecule has 1 saturated heterocycles. The number of nitrogens with zero attached hydrogens (tertiary/aromatic N) is 3. The van der Waals surface area contributed by atoms with Crippen molar-refractivity contribution >= 4 is 11.9 Å². The highest BCUT2D eigenvalue weighted by atomic mass is 16.6. The molecular formula is C22H31N5O3. The number of nitro groups is 1. The van der Waals surface area contributed by atoms with Gasteiger partial charge in [-0.25, -0.2) is 4.68 Å². The van der Waals surface area contributed by atoms with E-state index in [0.717, 1.165) is 31.4 Å². The molecule has 2 N–H and O–H groups in total. The van der Waals surface area contributed by atoms with Crippen LogP contribution < -0.4 is 10.9 Å². The minimum atomic E-state index is -0.454. The standard InChI is InChI=1S/C22H31N5O3/c1-6-7-19-18(14-23-15-12-21(2,3)25-22(4,5)13-15)20(28)26(24-19)16-8-10-17(11-9-16)27(29)30/h8-11,14-15,24-25H,6-7,12-13H2,1-5H3. The average molecular weight is 414 g/mol. The van der Waals surface area contributed by atoms with E-state index in [1.807, 2.05) is 0 Å². The Balaban J connectivity index is 1.93. The molecule has 3 rings (SSSR count). The normalized spacial score (nSPS) is 18.7. The zero-order chi connectivity index (χ0) is 22.1. The van der Waals surface area contributed by atoms with Crippen LogP contribution in [-0.2, 0) is 6.42 Å². The van der Waals surface area contributed by atoms with Gasteiger partial charge in [0.2, 0.25) is 0 Å². The van der Waals surface area contributed by atoms with Crippen LogP contribution in [-0.4, -0.2) is 38.0 Å². The lowest BCUT2D eigenvalue weighted by atomic mass is 9.80. The molecule has 0 saturated carbocycles. The number of aromatic amines is 1. The Morgan fingerprint density at radius 1 is 1.20 bits per heavy atom. The van der Waals surface area contributed by atoms with Crippen LogP contribution in [0.4, 0.5) is 5.69 Å². The van der Waals surface area contributed by atoms with Gasteiger partial charge in [-0.2, -0.15) is 0 Å². The Morgan fingerprint density at radius 3 is 2.33 bits per heavy atom. The second kappa shape index (κ2) is 8.18. The van der Waals surface area contributed by atoms with E-state index in [9.17, 15) is 14.9 Å². The minimum Gasteiger partial charge on any atom is -0.307 e. The maximum atomic E-state index is 13.1. The Kier molecular flexibility index (Phi) is 5.99. The summed E-state index contributed by atoms with van der Waals surface area (Å²) in [6.07, 6.45) is 5.12. The van der Waals surface area contributed by atoms with Gasteiger partial charge in [0.25, 0.3) is 11.2 Å². The first-order chi connectivity index (χ1) is 14.0. The Hall–Kier alpha value is -2.74. The lowest BCUT2D eigenvalue weighted by molar-refractivity contribution is -0.384. The first-order valence-corrected chi connectivity index (χ1v) is 10.4. The van der Waals surface area contributed by atoms with E-state index in [2.05, 4.69) is 45.0 Å². The van der Waals surface area contributed by atoms with E-state index < -0.39 is 4.92 Å². The van der Waals surface area contributed by atoms with Crippen molar-refractivity contribution in [1.82, 2.24) is 15.1 Å². The highest BCUT2D eigenvalue weighted by molar-refractivity contribution is 5.81. The third kappa shape index (κ3) is 4.87. The average Bonchev–Trinajstić information content (AvgIpc) is 2.93. The first kappa shape index (κ1) is 22.0. The zero-order valence-corrected chi connectivity index (χ0v) is 18.4.